The van der Waals surface area contributed by atoms with Gasteiger partial charge in [0.2, 0.25) is 0 Å². The molecule has 2 aromatic heterocycles. The molecule has 0 radical (unpaired) electrons. The van der Waals surface area contributed by atoms with E-state index in [1.807, 2.05) is 6.92 Å². The number of aromatic nitrogens is 5. The molecule has 0 unspecified atom stereocenters. The first-order valence-corrected chi connectivity index (χ1v) is 3.41. The molecule has 0 aliphatic rings. The molecule has 0 bridgehead atoms. The molecule has 0 aromatic carbocycles. The average Bonchev–Trinajstić information content (AvgIpc) is 2.50. The van der Waals surface area contributed by atoms with E-state index in [1.165, 1.54) is 12.7 Å². The van der Waals surface area contributed by atoms with Gasteiger partial charge >= 0.3 is 0 Å². The van der Waals surface area contributed by atoms with Crippen molar-refractivity contribution in [1.29, 1.82) is 0 Å². The van der Waals surface area contributed by atoms with E-state index in [4.69, 9.17) is 0 Å². The minimum absolute atomic E-state index is 0.608. The van der Waals surface area contributed by atoms with Crippen LogP contribution in [0.25, 0.3) is 5.78 Å². The Bertz CT molecular complexity index is 366. The average molecular weight is 149 g/mol. The van der Waals surface area contributed by atoms with E-state index in [0.29, 0.717) is 5.78 Å². The lowest BCUT2D eigenvalue weighted by Gasteiger charge is -1.95. The van der Waals surface area contributed by atoms with Crippen LogP contribution in [0.1, 0.15) is 12.7 Å². The number of nitrogens with zero attached hydrogens (tertiary/aromatic N) is 5. The summed E-state index contributed by atoms with van der Waals surface area (Å²) >= 11 is 0. The summed E-state index contributed by atoms with van der Waals surface area (Å²) in [6.45, 7) is 2.02. The van der Waals surface area contributed by atoms with Crippen molar-refractivity contribution in [2.24, 2.45) is 0 Å². The second-order valence-electron chi connectivity index (χ2n) is 2.12. The van der Waals surface area contributed by atoms with Crippen molar-refractivity contribution in [3.8, 4) is 0 Å². The van der Waals surface area contributed by atoms with Crippen molar-refractivity contribution in [3.05, 3.63) is 18.5 Å². The molecule has 0 fully saturated rings. The van der Waals surface area contributed by atoms with Gasteiger partial charge in [-0.2, -0.15) is 19.6 Å². The maximum Gasteiger partial charge on any atom is 0.255 e. The fourth-order valence-corrected chi connectivity index (χ4v) is 0.948. The molecule has 0 aliphatic carbocycles. The summed E-state index contributed by atoms with van der Waals surface area (Å²) in [5.74, 6) is 1.49. The Morgan fingerprint density at radius 3 is 2.91 bits per heavy atom. The van der Waals surface area contributed by atoms with Gasteiger partial charge in [-0.05, 0) is 0 Å². The Balaban J connectivity index is 2.79. The molecule has 56 valence electrons. The Kier molecular flexibility index (Phi) is 1.28. The van der Waals surface area contributed by atoms with Gasteiger partial charge in [-0.15, -0.1) is 0 Å². The van der Waals surface area contributed by atoms with Crippen LogP contribution >= 0.6 is 0 Å². The van der Waals surface area contributed by atoms with Crippen LogP contribution in [-0.4, -0.2) is 24.6 Å². The Morgan fingerprint density at radius 2 is 2.09 bits per heavy atom. The lowest BCUT2D eigenvalue weighted by molar-refractivity contribution is 0.790. The Labute approximate surface area is 63.1 Å². The third-order valence-corrected chi connectivity index (χ3v) is 1.47. The van der Waals surface area contributed by atoms with Gasteiger partial charge in [0, 0.05) is 6.42 Å². The van der Waals surface area contributed by atoms with Gasteiger partial charge in [-0.25, -0.2) is 4.98 Å². The summed E-state index contributed by atoms with van der Waals surface area (Å²) in [5.41, 5.74) is 0. The van der Waals surface area contributed by atoms with Gasteiger partial charge in [0.15, 0.2) is 0 Å². The molecule has 2 rings (SSSR count). The van der Waals surface area contributed by atoms with E-state index < -0.39 is 0 Å². The predicted molar refractivity (Wildman–Crippen MR) is 38.0 cm³/mol. The molecular weight excluding hydrogens is 142 g/mol. The van der Waals surface area contributed by atoms with Crippen LogP contribution in [-0.2, 0) is 6.42 Å². The van der Waals surface area contributed by atoms with Crippen LogP contribution in [0, 0.1) is 0 Å². The highest BCUT2D eigenvalue weighted by atomic mass is 15.3. The highest BCUT2D eigenvalue weighted by Gasteiger charge is 2.00. The quantitative estimate of drug-likeness (QED) is 0.576. The predicted octanol–water partition coefficient (Wildman–Crippen LogP) is 0.0817. The topological polar surface area (TPSA) is 56.0 Å². The molecule has 2 heterocycles. The standard InChI is InChI=1S/C6H7N5/c1-2-5-7-3-8-6-9-4-10-11(5)6/h3-4H,2H2,1H3. The number of hydrogen-bond acceptors (Lipinski definition) is 4. The van der Waals surface area contributed by atoms with E-state index in [9.17, 15) is 0 Å². The second-order valence-corrected chi connectivity index (χ2v) is 2.12. The zero-order valence-electron chi connectivity index (χ0n) is 6.10. The molecule has 0 N–H and O–H groups in total. The van der Waals surface area contributed by atoms with Gasteiger partial charge in [0.1, 0.15) is 18.5 Å². The third kappa shape index (κ3) is 0.849. The molecule has 0 saturated heterocycles. The number of fused-ring (bicyclic) bond motifs is 1. The van der Waals surface area contributed by atoms with Crippen LogP contribution in [0.3, 0.4) is 0 Å². The van der Waals surface area contributed by atoms with Crippen molar-refractivity contribution in [1.82, 2.24) is 24.6 Å². The summed E-state index contributed by atoms with van der Waals surface area (Å²) in [4.78, 5) is 11.9. The van der Waals surface area contributed by atoms with E-state index in [2.05, 4.69) is 20.1 Å². The van der Waals surface area contributed by atoms with Crippen LogP contribution < -0.4 is 0 Å². The minimum atomic E-state index is 0.608. The molecular formula is C6H7N5. The molecule has 5 heteroatoms. The van der Waals surface area contributed by atoms with Crippen molar-refractivity contribution >= 4 is 5.78 Å². The van der Waals surface area contributed by atoms with E-state index in [1.54, 1.807) is 4.52 Å². The number of hydrogen-bond donors (Lipinski definition) is 0. The zero-order valence-corrected chi connectivity index (χ0v) is 6.10. The van der Waals surface area contributed by atoms with Crippen molar-refractivity contribution in [3.63, 3.8) is 0 Å². The molecule has 5 nitrogen and oxygen atoms in total. The van der Waals surface area contributed by atoms with Crippen LogP contribution in [0.4, 0.5) is 0 Å². The second kappa shape index (κ2) is 2.26. The molecule has 0 atom stereocenters. The summed E-state index contributed by atoms with van der Waals surface area (Å²) in [6.07, 6.45) is 3.81. The van der Waals surface area contributed by atoms with Gasteiger partial charge in [-0.1, -0.05) is 6.92 Å². The molecule has 0 spiro atoms. The van der Waals surface area contributed by atoms with E-state index in [-0.39, 0.29) is 0 Å². The molecule has 0 saturated carbocycles. The molecule has 2 aromatic rings. The van der Waals surface area contributed by atoms with Crippen molar-refractivity contribution in [2.45, 2.75) is 13.3 Å². The van der Waals surface area contributed by atoms with E-state index >= 15 is 0 Å². The lowest BCUT2D eigenvalue weighted by Crippen LogP contribution is -2.01. The van der Waals surface area contributed by atoms with Gasteiger partial charge in [0.05, 0.1) is 0 Å². The lowest BCUT2D eigenvalue weighted by atomic mass is 10.5. The van der Waals surface area contributed by atoms with Crippen molar-refractivity contribution in [2.75, 3.05) is 0 Å². The van der Waals surface area contributed by atoms with E-state index in [0.717, 1.165) is 12.2 Å². The third-order valence-electron chi connectivity index (χ3n) is 1.47. The first-order valence-electron chi connectivity index (χ1n) is 3.41. The fraction of sp³-hybridized carbons (Fsp3) is 0.333. The SMILES string of the molecule is CCc1ncnc2ncnn12. The van der Waals surface area contributed by atoms with Gasteiger partial charge < -0.3 is 0 Å². The number of rotatable bonds is 1. The molecule has 11 heavy (non-hydrogen) atoms. The van der Waals surface area contributed by atoms with Crippen LogP contribution in [0.2, 0.25) is 0 Å². The molecule has 0 amide bonds. The normalized spacial score (nSPS) is 10.6. The minimum Gasteiger partial charge on any atom is -0.221 e. The smallest absolute Gasteiger partial charge is 0.221 e. The summed E-state index contributed by atoms with van der Waals surface area (Å²) < 4.78 is 1.64. The first kappa shape index (κ1) is 6.21. The van der Waals surface area contributed by atoms with Crippen molar-refractivity contribution < 1.29 is 0 Å². The maximum absolute atomic E-state index is 4.05. The summed E-state index contributed by atoms with van der Waals surface area (Å²) in [6, 6.07) is 0. The monoisotopic (exact) mass is 149 g/mol. The highest BCUT2D eigenvalue weighted by molar-refractivity contribution is 5.22. The Hall–Kier alpha value is -1.52. The van der Waals surface area contributed by atoms with Crippen LogP contribution in [0.15, 0.2) is 12.7 Å². The zero-order chi connectivity index (χ0) is 7.68. The Morgan fingerprint density at radius 1 is 1.27 bits per heavy atom. The first-order chi connectivity index (χ1) is 5.42. The maximum atomic E-state index is 4.05. The molecule has 0 aliphatic heterocycles. The largest absolute Gasteiger partial charge is 0.255 e. The highest BCUT2D eigenvalue weighted by Crippen LogP contribution is 1.95. The van der Waals surface area contributed by atoms with Crippen LogP contribution in [0.5, 0.6) is 0 Å². The number of aryl methyl sites for hydroxylation is 1. The van der Waals surface area contributed by atoms with Gasteiger partial charge in [0.25, 0.3) is 5.78 Å². The fourth-order valence-electron chi connectivity index (χ4n) is 0.948. The van der Waals surface area contributed by atoms with Gasteiger partial charge in [-0.3, -0.25) is 0 Å². The summed E-state index contributed by atoms with van der Waals surface area (Å²) in [7, 11) is 0. The summed E-state index contributed by atoms with van der Waals surface area (Å²) in [5, 5.41) is 3.97.